The summed E-state index contributed by atoms with van der Waals surface area (Å²) in [6, 6.07) is 13.0. The van der Waals surface area contributed by atoms with E-state index in [0.717, 1.165) is 29.8 Å². The standard InChI is InChI=1S/C48H47F3N10O5S/c49-36-22-30(21-34-35(36)25-61(46(34)66)42(44(64)55-47-52-12-19-67-47)41-37-2-1-13-59(37)27-53-41)29-4-6-32(7-5-29)58-14-11-39(48(50,51)26-58)57-17-15-56(16-18-57)23-28-3-8-33-31(20-28)24-60(45(33)65)38-9-10-40(62)54-43(38)63/h3-8,12,19-22,27,38-39,42H,1-2,9-11,13-18,23-26H2,(H,52,55,64)(H,54,62,63). The minimum absolute atomic E-state index is 0.114. The Hall–Kier alpha value is -6.44. The number of halogens is 3. The molecule has 3 fully saturated rings. The third-order valence-corrected chi connectivity index (χ3v) is 14.9. The maximum Gasteiger partial charge on any atom is 0.280 e. The lowest BCUT2D eigenvalue weighted by Crippen LogP contribution is -2.61. The molecule has 2 aromatic heterocycles. The molecule has 3 atom stereocenters. The van der Waals surface area contributed by atoms with Gasteiger partial charge in [0.1, 0.15) is 11.9 Å². The fourth-order valence-electron chi connectivity index (χ4n) is 10.8. The van der Waals surface area contributed by atoms with Crippen molar-refractivity contribution in [2.24, 2.45) is 0 Å². The highest BCUT2D eigenvalue weighted by Gasteiger charge is 2.48. The van der Waals surface area contributed by atoms with E-state index in [0.29, 0.717) is 91.9 Å². The topological polar surface area (TPSA) is 156 Å². The summed E-state index contributed by atoms with van der Waals surface area (Å²) in [6.45, 7) is 3.73. The van der Waals surface area contributed by atoms with Crippen molar-refractivity contribution in [3.8, 4) is 11.1 Å². The number of piperidine rings is 2. The minimum Gasteiger partial charge on any atom is -0.365 e. The first kappa shape index (κ1) is 43.1. The summed E-state index contributed by atoms with van der Waals surface area (Å²) in [5, 5.41) is 7.26. The van der Waals surface area contributed by atoms with Gasteiger partial charge in [-0.25, -0.2) is 23.1 Å². The summed E-state index contributed by atoms with van der Waals surface area (Å²) in [5.41, 5.74) is 5.77. The van der Waals surface area contributed by atoms with Crippen LogP contribution in [-0.2, 0) is 47.0 Å². The van der Waals surface area contributed by atoms with E-state index < -0.39 is 54.1 Å². The van der Waals surface area contributed by atoms with Crippen molar-refractivity contribution in [2.45, 2.75) is 82.3 Å². The van der Waals surface area contributed by atoms with E-state index in [4.69, 9.17) is 0 Å². The molecule has 6 aliphatic rings. The quantitative estimate of drug-likeness (QED) is 0.178. The summed E-state index contributed by atoms with van der Waals surface area (Å²) in [5.74, 6) is -5.53. The average molecular weight is 933 g/mol. The van der Waals surface area contributed by atoms with E-state index in [2.05, 4.69) is 25.5 Å². The molecule has 3 unspecified atom stereocenters. The zero-order valence-electron chi connectivity index (χ0n) is 36.4. The molecule has 0 radical (unpaired) electrons. The van der Waals surface area contributed by atoms with Crippen LogP contribution >= 0.6 is 11.3 Å². The van der Waals surface area contributed by atoms with Gasteiger partial charge in [0.05, 0.1) is 31.2 Å². The van der Waals surface area contributed by atoms with E-state index in [1.165, 1.54) is 27.2 Å². The number of imidazole rings is 1. The second-order valence-electron chi connectivity index (χ2n) is 18.3. The van der Waals surface area contributed by atoms with E-state index in [-0.39, 0.29) is 42.3 Å². The second kappa shape index (κ2) is 17.0. The Balaban J connectivity index is 0.713. The number of fused-ring (bicyclic) bond motifs is 3. The normalized spacial score (nSPS) is 22.2. The molecule has 6 aliphatic heterocycles. The van der Waals surface area contributed by atoms with Gasteiger partial charge < -0.3 is 19.3 Å². The van der Waals surface area contributed by atoms with Crippen LogP contribution in [0, 0.1) is 5.82 Å². The number of anilines is 2. The number of nitrogens with one attached hydrogen (secondary N) is 2. The Morgan fingerprint density at radius 1 is 0.881 bits per heavy atom. The van der Waals surface area contributed by atoms with Crippen molar-refractivity contribution in [3.05, 3.63) is 118 Å². The second-order valence-corrected chi connectivity index (χ2v) is 19.2. The number of aromatic nitrogens is 3. The number of imide groups is 1. The molecule has 0 aliphatic carbocycles. The fraction of sp³-hybridized carbons (Fsp3) is 0.396. The van der Waals surface area contributed by atoms with Crippen molar-refractivity contribution in [2.75, 3.05) is 49.5 Å². The highest BCUT2D eigenvalue weighted by Crippen LogP contribution is 2.40. The number of benzene rings is 3. The van der Waals surface area contributed by atoms with Gasteiger partial charge in [-0.05, 0) is 78.3 Å². The van der Waals surface area contributed by atoms with Crippen LogP contribution in [0.4, 0.5) is 24.0 Å². The number of thiazole rings is 1. The maximum absolute atomic E-state index is 16.1. The number of alkyl halides is 2. The number of carbonyl (C=O) groups is 5. The SMILES string of the molecule is O=C1CCC(N2Cc3cc(CN4CCN(C5CCN(c6ccc(-c7cc(F)c8c(c7)C(=O)N(C(C(=O)Nc7nccs7)c7ncn9c7CCC9)C8)cc6)CC5(F)F)CC4)ccc3C2=O)C(=O)N1. The molecule has 3 saturated heterocycles. The summed E-state index contributed by atoms with van der Waals surface area (Å²) in [6.07, 6.45) is 5.61. The molecule has 5 amide bonds. The Bertz CT molecular complexity index is 2810. The molecule has 8 heterocycles. The Kier molecular flexibility index (Phi) is 11.0. The highest BCUT2D eigenvalue weighted by molar-refractivity contribution is 7.13. The van der Waals surface area contributed by atoms with Gasteiger partial charge in [0.2, 0.25) is 11.8 Å². The van der Waals surface area contributed by atoms with Crippen LogP contribution in [0.2, 0.25) is 0 Å². The van der Waals surface area contributed by atoms with E-state index >= 15 is 13.2 Å². The van der Waals surface area contributed by atoms with Crippen LogP contribution in [0.1, 0.15) is 80.5 Å². The van der Waals surface area contributed by atoms with E-state index in [1.54, 1.807) is 59.2 Å². The molecule has 2 N–H and O–H groups in total. The molecule has 11 rings (SSSR count). The van der Waals surface area contributed by atoms with E-state index in [1.807, 2.05) is 21.6 Å². The molecule has 5 aromatic rings. The van der Waals surface area contributed by atoms with Crippen LogP contribution in [0.5, 0.6) is 0 Å². The van der Waals surface area contributed by atoms with Gasteiger partial charge in [0, 0.05) is 98.4 Å². The van der Waals surface area contributed by atoms with Gasteiger partial charge >= 0.3 is 0 Å². The summed E-state index contributed by atoms with van der Waals surface area (Å²) < 4.78 is 50.1. The largest absolute Gasteiger partial charge is 0.365 e. The molecule has 19 heteroatoms. The van der Waals surface area contributed by atoms with Crippen molar-refractivity contribution in [1.29, 1.82) is 0 Å². The average Bonchev–Trinajstić information content (AvgIpc) is 4.17. The summed E-state index contributed by atoms with van der Waals surface area (Å²) in [4.78, 5) is 82.7. The Labute approximate surface area is 387 Å². The van der Waals surface area contributed by atoms with Crippen LogP contribution in [0.15, 0.2) is 72.5 Å². The van der Waals surface area contributed by atoms with Crippen molar-refractivity contribution in [1.82, 2.24) is 39.5 Å². The monoisotopic (exact) mass is 932 g/mol. The van der Waals surface area contributed by atoms with Gasteiger partial charge in [-0.2, -0.15) is 0 Å². The Morgan fingerprint density at radius 3 is 2.46 bits per heavy atom. The smallest absolute Gasteiger partial charge is 0.280 e. The number of amides is 5. The molecule has 15 nitrogen and oxygen atoms in total. The van der Waals surface area contributed by atoms with Crippen LogP contribution < -0.4 is 15.5 Å². The third-order valence-electron chi connectivity index (χ3n) is 14.3. The number of piperazine rings is 1. The maximum atomic E-state index is 16.1. The fourth-order valence-corrected chi connectivity index (χ4v) is 11.4. The van der Waals surface area contributed by atoms with Crippen LogP contribution in [0.3, 0.4) is 0 Å². The van der Waals surface area contributed by atoms with Crippen molar-refractivity contribution >= 4 is 51.7 Å². The predicted molar refractivity (Wildman–Crippen MR) is 241 cm³/mol. The molecule has 67 heavy (non-hydrogen) atoms. The lowest BCUT2D eigenvalue weighted by atomic mass is 9.96. The number of hydrogen-bond acceptors (Lipinski definition) is 11. The van der Waals surface area contributed by atoms with E-state index in [9.17, 15) is 24.0 Å². The molecule has 0 spiro atoms. The summed E-state index contributed by atoms with van der Waals surface area (Å²) >= 11 is 1.25. The molecule has 3 aromatic carbocycles. The first-order chi connectivity index (χ1) is 32.4. The number of hydrogen-bond donors (Lipinski definition) is 2. The zero-order valence-corrected chi connectivity index (χ0v) is 37.2. The molecule has 0 bridgehead atoms. The first-order valence-corrected chi connectivity index (χ1v) is 23.6. The molecule has 346 valence electrons. The van der Waals surface area contributed by atoms with Crippen molar-refractivity contribution in [3.63, 3.8) is 0 Å². The molecule has 0 saturated carbocycles. The number of nitrogens with zero attached hydrogens (tertiary/aromatic N) is 8. The van der Waals surface area contributed by atoms with Gasteiger partial charge in [-0.3, -0.25) is 44.4 Å². The number of carbonyl (C=O) groups excluding carboxylic acids is 5. The van der Waals surface area contributed by atoms with Gasteiger partial charge in [0.15, 0.2) is 11.2 Å². The van der Waals surface area contributed by atoms with Crippen molar-refractivity contribution < 1.29 is 37.1 Å². The Morgan fingerprint density at radius 2 is 1.70 bits per heavy atom. The highest BCUT2D eigenvalue weighted by atomic mass is 32.1. The lowest BCUT2D eigenvalue weighted by Gasteiger charge is -2.47. The molecular weight excluding hydrogens is 886 g/mol. The lowest BCUT2D eigenvalue weighted by molar-refractivity contribution is -0.137. The zero-order chi connectivity index (χ0) is 46.1. The molecular formula is C48H47F3N10O5S. The minimum atomic E-state index is -2.99. The first-order valence-electron chi connectivity index (χ1n) is 22.7. The van der Waals surface area contributed by atoms with Crippen LogP contribution in [-0.4, -0.2) is 121 Å². The third kappa shape index (κ3) is 7.95. The van der Waals surface area contributed by atoms with Gasteiger partial charge in [-0.1, -0.05) is 24.3 Å². The van der Waals surface area contributed by atoms with Gasteiger partial charge in [0.25, 0.3) is 23.6 Å². The number of aryl methyl sites for hydroxylation is 1. The van der Waals surface area contributed by atoms with Crippen LogP contribution in [0.25, 0.3) is 11.1 Å². The predicted octanol–water partition coefficient (Wildman–Crippen LogP) is 5.22. The number of rotatable bonds is 10. The summed E-state index contributed by atoms with van der Waals surface area (Å²) in [7, 11) is 0. The van der Waals surface area contributed by atoms with Gasteiger partial charge in [-0.15, -0.1) is 11.3 Å².